The molecule has 1 aromatic carbocycles. The normalized spacial score (nSPS) is 17.1. The van der Waals surface area contributed by atoms with Gasteiger partial charge < -0.3 is 9.84 Å². The van der Waals surface area contributed by atoms with Gasteiger partial charge in [0.2, 0.25) is 10.0 Å². The molecule has 0 unspecified atom stereocenters. The van der Waals surface area contributed by atoms with E-state index in [-0.39, 0.29) is 22.1 Å². The molecule has 6 nitrogen and oxygen atoms in total. The fraction of sp³-hybridized carbons (Fsp3) is 0.462. The maximum absolute atomic E-state index is 12.4. The number of hydrogen-bond acceptors (Lipinski definition) is 5. The van der Waals surface area contributed by atoms with Gasteiger partial charge in [0.05, 0.1) is 29.8 Å². The van der Waals surface area contributed by atoms with Crippen LogP contribution in [-0.2, 0) is 14.8 Å². The molecule has 21 heavy (non-hydrogen) atoms. The van der Waals surface area contributed by atoms with Gasteiger partial charge in [-0.25, -0.2) is 17.9 Å². The zero-order valence-corrected chi connectivity index (χ0v) is 13.0. The van der Waals surface area contributed by atoms with E-state index in [0.717, 1.165) is 6.42 Å². The number of nitrogens with one attached hydrogen (secondary N) is 1. The average molecular weight is 334 g/mol. The lowest BCUT2D eigenvalue weighted by atomic mass is 9.78. The highest BCUT2D eigenvalue weighted by molar-refractivity contribution is 7.89. The van der Waals surface area contributed by atoms with Crippen LogP contribution in [-0.4, -0.2) is 38.7 Å². The van der Waals surface area contributed by atoms with Crippen molar-refractivity contribution in [1.82, 2.24) is 4.72 Å². The lowest BCUT2D eigenvalue weighted by Gasteiger charge is -2.40. The smallest absolute Gasteiger partial charge is 0.337 e. The highest BCUT2D eigenvalue weighted by Crippen LogP contribution is 2.34. The molecule has 1 aliphatic rings. The summed E-state index contributed by atoms with van der Waals surface area (Å²) in [5.74, 6) is -0.649. The summed E-state index contributed by atoms with van der Waals surface area (Å²) in [5, 5.41) is 9.37. The van der Waals surface area contributed by atoms with E-state index in [1.807, 2.05) is 0 Å². The van der Waals surface area contributed by atoms with Crippen molar-refractivity contribution in [3.05, 3.63) is 28.8 Å². The molecule has 1 aliphatic carbocycles. The van der Waals surface area contributed by atoms with Crippen LogP contribution in [0.4, 0.5) is 0 Å². The van der Waals surface area contributed by atoms with Gasteiger partial charge in [0.25, 0.3) is 0 Å². The predicted octanol–water partition coefficient (Wildman–Crippen LogP) is 1.32. The van der Waals surface area contributed by atoms with E-state index in [4.69, 9.17) is 11.6 Å². The molecular weight excluding hydrogens is 318 g/mol. The molecule has 1 fully saturated rings. The number of hydrogen-bond donors (Lipinski definition) is 2. The zero-order valence-electron chi connectivity index (χ0n) is 11.4. The largest absolute Gasteiger partial charge is 0.465 e. The Kier molecular flexibility index (Phi) is 4.57. The molecule has 0 bridgehead atoms. The first-order valence-electron chi connectivity index (χ1n) is 6.36. The third-order valence-electron chi connectivity index (χ3n) is 3.61. The van der Waals surface area contributed by atoms with Crippen LogP contribution in [0.3, 0.4) is 0 Å². The highest BCUT2D eigenvalue weighted by Gasteiger charge is 2.40. The molecule has 2 N–H and O–H groups in total. The lowest BCUT2D eigenvalue weighted by molar-refractivity contribution is 0.0600. The Morgan fingerprint density at radius 1 is 1.48 bits per heavy atom. The summed E-state index contributed by atoms with van der Waals surface area (Å²) in [6, 6.07) is 3.88. The number of ether oxygens (including phenoxy) is 1. The Hall–Kier alpha value is -1.15. The van der Waals surface area contributed by atoms with Crippen molar-refractivity contribution < 1.29 is 23.1 Å². The molecule has 2 rings (SSSR count). The number of aliphatic hydroxyl groups excluding tert-OH is 1. The maximum Gasteiger partial charge on any atom is 0.337 e. The maximum atomic E-state index is 12.4. The van der Waals surface area contributed by atoms with Crippen molar-refractivity contribution in [3.63, 3.8) is 0 Å². The molecule has 0 heterocycles. The first-order chi connectivity index (χ1) is 9.83. The van der Waals surface area contributed by atoms with Crippen LogP contribution in [0.15, 0.2) is 23.1 Å². The fourth-order valence-electron chi connectivity index (χ4n) is 2.19. The van der Waals surface area contributed by atoms with Crippen molar-refractivity contribution in [2.75, 3.05) is 13.7 Å². The standard InChI is InChI=1S/C13H16ClNO5S/c1-20-12(17)9-3-4-10(14)11(7-9)21(18,19)15-13(8-16)5-2-6-13/h3-4,7,15-16H,2,5-6,8H2,1H3. The Balaban J connectivity index is 2.37. The average Bonchev–Trinajstić information content (AvgIpc) is 2.42. The number of carbonyl (C=O) groups excluding carboxylic acids is 1. The third kappa shape index (κ3) is 3.21. The van der Waals surface area contributed by atoms with Crippen molar-refractivity contribution in [1.29, 1.82) is 0 Å². The number of benzene rings is 1. The van der Waals surface area contributed by atoms with Crippen molar-refractivity contribution in [3.8, 4) is 0 Å². The molecule has 0 atom stereocenters. The Morgan fingerprint density at radius 3 is 2.62 bits per heavy atom. The van der Waals surface area contributed by atoms with Crippen LogP contribution in [0.5, 0.6) is 0 Å². The lowest BCUT2D eigenvalue weighted by Crippen LogP contribution is -2.56. The topological polar surface area (TPSA) is 92.7 Å². The summed E-state index contributed by atoms with van der Waals surface area (Å²) in [4.78, 5) is 11.3. The molecule has 1 saturated carbocycles. The molecular formula is C13H16ClNO5S. The first-order valence-corrected chi connectivity index (χ1v) is 8.22. The van der Waals surface area contributed by atoms with Gasteiger partial charge in [-0.1, -0.05) is 11.6 Å². The van der Waals surface area contributed by atoms with Gasteiger partial charge >= 0.3 is 5.97 Å². The third-order valence-corrected chi connectivity index (χ3v) is 5.67. The summed E-state index contributed by atoms with van der Waals surface area (Å²) in [5.41, 5.74) is -0.738. The first kappa shape index (κ1) is 16.2. The predicted molar refractivity (Wildman–Crippen MR) is 76.8 cm³/mol. The van der Waals surface area contributed by atoms with E-state index in [9.17, 15) is 18.3 Å². The van der Waals surface area contributed by atoms with Crippen LogP contribution >= 0.6 is 11.6 Å². The molecule has 0 radical (unpaired) electrons. The van der Waals surface area contributed by atoms with Gasteiger partial charge in [-0.3, -0.25) is 0 Å². The number of esters is 1. The van der Waals surface area contributed by atoms with Crippen LogP contribution in [0, 0.1) is 0 Å². The molecule has 0 saturated heterocycles. The number of aliphatic hydroxyl groups is 1. The summed E-state index contributed by atoms with van der Waals surface area (Å²) in [6.07, 6.45) is 1.98. The van der Waals surface area contributed by atoms with Gasteiger partial charge in [-0.15, -0.1) is 0 Å². The molecule has 1 aromatic rings. The molecule has 0 aromatic heterocycles. The molecule has 0 amide bonds. The second kappa shape index (κ2) is 5.92. The van der Waals surface area contributed by atoms with Crippen LogP contribution in [0.1, 0.15) is 29.6 Å². The Labute approximate surface area is 128 Å². The van der Waals surface area contributed by atoms with E-state index in [0.29, 0.717) is 12.8 Å². The van der Waals surface area contributed by atoms with Gasteiger partial charge in [0, 0.05) is 0 Å². The summed E-state index contributed by atoms with van der Waals surface area (Å²) < 4.78 is 31.9. The molecule has 8 heteroatoms. The van der Waals surface area contributed by atoms with Crippen LogP contribution in [0.2, 0.25) is 5.02 Å². The second-order valence-corrected chi connectivity index (χ2v) is 7.09. The highest BCUT2D eigenvalue weighted by atomic mass is 35.5. The summed E-state index contributed by atoms with van der Waals surface area (Å²) >= 11 is 5.93. The Morgan fingerprint density at radius 2 is 2.14 bits per heavy atom. The number of halogens is 1. The SMILES string of the molecule is COC(=O)c1ccc(Cl)c(S(=O)(=O)NC2(CO)CCC2)c1. The number of methoxy groups -OCH3 is 1. The van der Waals surface area contributed by atoms with E-state index in [1.165, 1.54) is 25.3 Å². The second-order valence-electron chi connectivity index (χ2n) is 5.03. The quantitative estimate of drug-likeness (QED) is 0.793. The monoisotopic (exact) mass is 333 g/mol. The van der Waals surface area contributed by atoms with Crippen molar-refractivity contribution >= 4 is 27.6 Å². The number of sulfonamides is 1. The van der Waals surface area contributed by atoms with Gasteiger partial charge in [-0.05, 0) is 37.5 Å². The Bertz CT molecular complexity index is 649. The fourth-order valence-corrected chi connectivity index (χ4v) is 4.17. The minimum atomic E-state index is -3.94. The number of carbonyl (C=O) groups is 1. The minimum Gasteiger partial charge on any atom is -0.465 e. The van der Waals surface area contributed by atoms with E-state index in [2.05, 4.69) is 9.46 Å². The van der Waals surface area contributed by atoms with Gasteiger partial charge in [0.1, 0.15) is 4.90 Å². The molecule has 116 valence electrons. The summed E-state index contributed by atoms with van der Waals surface area (Å²) in [6.45, 7) is -0.277. The summed E-state index contributed by atoms with van der Waals surface area (Å²) in [7, 11) is -2.73. The van der Waals surface area contributed by atoms with E-state index in [1.54, 1.807) is 0 Å². The van der Waals surface area contributed by atoms with Gasteiger partial charge in [0.15, 0.2) is 0 Å². The zero-order chi connectivity index (χ0) is 15.7. The van der Waals surface area contributed by atoms with Crippen LogP contribution < -0.4 is 4.72 Å². The number of rotatable bonds is 5. The molecule has 0 aliphatic heterocycles. The van der Waals surface area contributed by atoms with Crippen molar-refractivity contribution in [2.24, 2.45) is 0 Å². The van der Waals surface area contributed by atoms with E-state index < -0.39 is 21.5 Å². The van der Waals surface area contributed by atoms with Crippen LogP contribution in [0.25, 0.3) is 0 Å². The van der Waals surface area contributed by atoms with Crippen molar-refractivity contribution in [2.45, 2.75) is 29.7 Å². The minimum absolute atomic E-state index is 0.00238. The van der Waals surface area contributed by atoms with Gasteiger partial charge in [-0.2, -0.15) is 0 Å². The molecule has 0 spiro atoms. The van der Waals surface area contributed by atoms with E-state index >= 15 is 0 Å².